The molecule has 1 aromatic heterocycles. The van der Waals surface area contributed by atoms with Gasteiger partial charge in [0.15, 0.2) is 0 Å². The highest BCUT2D eigenvalue weighted by molar-refractivity contribution is 5.83. The minimum atomic E-state index is -0.970. The van der Waals surface area contributed by atoms with E-state index in [2.05, 4.69) is 4.57 Å². The zero-order chi connectivity index (χ0) is 13.4. The van der Waals surface area contributed by atoms with Gasteiger partial charge >= 0.3 is 6.09 Å². The maximum atomic E-state index is 11.3. The Bertz CT molecular complexity index is 647. The fourth-order valence-corrected chi connectivity index (χ4v) is 2.72. The summed E-state index contributed by atoms with van der Waals surface area (Å²) in [4.78, 5) is 23.7. The third kappa shape index (κ3) is 1.87. The predicted octanol–water partition coefficient (Wildman–Crippen LogP) is 1.92. The van der Waals surface area contributed by atoms with Crippen LogP contribution in [0.5, 0.6) is 0 Å². The van der Waals surface area contributed by atoms with Crippen LogP contribution < -0.4 is 0 Å². The number of carbonyl (C=O) groups excluding carboxylic acids is 1. The van der Waals surface area contributed by atoms with Gasteiger partial charge in [-0.1, -0.05) is 18.2 Å². The van der Waals surface area contributed by atoms with Gasteiger partial charge in [0.2, 0.25) is 0 Å². The molecule has 1 unspecified atom stereocenters. The first-order valence-corrected chi connectivity index (χ1v) is 6.22. The normalized spacial score (nSPS) is 18.9. The van der Waals surface area contributed by atoms with E-state index >= 15 is 0 Å². The standard InChI is InChI=1S/C14H14N2O3/c17-9-11-8-15(14(18)19)5-6-16-12-4-2-1-3-10(12)7-13(11)16/h1-4,7,9,11H,5-6,8H2,(H,18,19). The van der Waals surface area contributed by atoms with Crippen molar-refractivity contribution in [2.24, 2.45) is 0 Å². The van der Waals surface area contributed by atoms with Crippen LogP contribution in [0, 0.1) is 0 Å². The third-order valence-electron chi connectivity index (χ3n) is 3.67. The lowest BCUT2D eigenvalue weighted by Crippen LogP contribution is -2.33. The van der Waals surface area contributed by atoms with Gasteiger partial charge in [-0.15, -0.1) is 0 Å². The van der Waals surface area contributed by atoms with Crippen LogP contribution in [0.3, 0.4) is 0 Å². The van der Waals surface area contributed by atoms with Crippen molar-refractivity contribution in [3.63, 3.8) is 0 Å². The van der Waals surface area contributed by atoms with Gasteiger partial charge in [-0.2, -0.15) is 0 Å². The Morgan fingerprint density at radius 2 is 2.11 bits per heavy atom. The lowest BCUT2D eigenvalue weighted by Gasteiger charge is -2.17. The first-order valence-electron chi connectivity index (χ1n) is 6.22. The number of hydrogen-bond donors (Lipinski definition) is 1. The summed E-state index contributed by atoms with van der Waals surface area (Å²) < 4.78 is 2.05. The molecule has 3 rings (SSSR count). The number of fused-ring (bicyclic) bond motifs is 3. The van der Waals surface area contributed by atoms with Crippen LogP contribution in [-0.2, 0) is 11.3 Å². The second-order valence-electron chi connectivity index (χ2n) is 4.75. The zero-order valence-corrected chi connectivity index (χ0v) is 10.3. The Morgan fingerprint density at radius 3 is 2.84 bits per heavy atom. The quantitative estimate of drug-likeness (QED) is 0.795. The number of aromatic nitrogens is 1. The summed E-state index contributed by atoms with van der Waals surface area (Å²) in [5, 5.41) is 10.2. The highest BCUT2D eigenvalue weighted by Crippen LogP contribution is 2.27. The molecule has 1 amide bonds. The number of benzene rings is 1. The van der Waals surface area contributed by atoms with Gasteiger partial charge in [0, 0.05) is 30.8 Å². The minimum absolute atomic E-state index is 0.231. The molecule has 5 heteroatoms. The number of nitrogens with zero attached hydrogens (tertiary/aromatic N) is 2. The zero-order valence-electron chi connectivity index (χ0n) is 10.3. The van der Waals surface area contributed by atoms with Crippen LogP contribution in [0.4, 0.5) is 4.79 Å². The molecular weight excluding hydrogens is 244 g/mol. The van der Waals surface area contributed by atoms with Gasteiger partial charge < -0.3 is 19.4 Å². The Morgan fingerprint density at radius 1 is 1.32 bits per heavy atom. The first kappa shape index (κ1) is 11.8. The van der Waals surface area contributed by atoms with Crippen molar-refractivity contribution in [1.82, 2.24) is 9.47 Å². The molecule has 2 heterocycles. The van der Waals surface area contributed by atoms with E-state index in [1.165, 1.54) is 4.90 Å². The van der Waals surface area contributed by atoms with Crippen LogP contribution in [0.2, 0.25) is 0 Å². The average Bonchev–Trinajstić information content (AvgIpc) is 2.67. The van der Waals surface area contributed by atoms with Crippen molar-refractivity contribution in [1.29, 1.82) is 0 Å². The molecular formula is C14H14N2O3. The van der Waals surface area contributed by atoms with Crippen LogP contribution in [0.15, 0.2) is 30.3 Å². The summed E-state index contributed by atoms with van der Waals surface area (Å²) in [7, 11) is 0. The fourth-order valence-electron chi connectivity index (χ4n) is 2.72. The van der Waals surface area contributed by atoms with Gasteiger partial charge in [0.25, 0.3) is 0 Å². The van der Waals surface area contributed by atoms with E-state index in [4.69, 9.17) is 5.11 Å². The second-order valence-corrected chi connectivity index (χ2v) is 4.75. The van der Waals surface area contributed by atoms with E-state index in [1.807, 2.05) is 30.3 Å². The highest BCUT2D eigenvalue weighted by Gasteiger charge is 2.26. The van der Waals surface area contributed by atoms with E-state index < -0.39 is 12.0 Å². The summed E-state index contributed by atoms with van der Waals surface area (Å²) in [6.07, 6.45) is -0.131. The predicted molar refractivity (Wildman–Crippen MR) is 70.3 cm³/mol. The minimum Gasteiger partial charge on any atom is -0.465 e. The molecule has 1 atom stereocenters. The molecule has 1 aliphatic heterocycles. The van der Waals surface area contributed by atoms with Gasteiger partial charge in [0.05, 0.1) is 5.92 Å². The van der Waals surface area contributed by atoms with Crippen LogP contribution in [0.1, 0.15) is 11.6 Å². The smallest absolute Gasteiger partial charge is 0.407 e. The maximum Gasteiger partial charge on any atom is 0.407 e. The molecule has 1 aromatic carbocycles. The molecule has 0 aliphatic carbocycles. The summed E-state index contributed by atoms with van der Waals surface area (Å²) in [6, 6.07) is 9.90. The summed E-state index contributed by atoms with van der Waals surface area (Å²) in [6.45, 7) is 1.22. The Hall–Kier alpha value is -2.30. The van der Waals surface area contributed by atoms with E-state index in [9.17, 15) is 9.59 Å². The van der Waals surface area contributed by atoms with Crippen molar-refractivity contribution in [3.05, 3.63) is 36.0 Å². The van der Waals surface area contributed by atoms with Crippen molar-refractivity contribution in [3.8, 4) is 0 Å². The lowest BCUT2D eigenvalue weighted by molar-refractivity contribution is -0.109. The number of carbonyl (C=O) groups is 2. The molecule has 0 fully saturated rings. The number of para-hydroxylation sites is 1. The third-order valence-corrected chi connectivity index (χ3v) is 3.67. The Labute approximate surface area is 110 Å². The Kier molecular flexibility index (Phi) is 2.74. The van der Waals surface area contributed by atoms with Gasteiger partial charge in [-0.05, 0) is 17.5 Å². The van der Waals surface area contributed by atoms with Crippen molar-refractivity contribution >= 4 is 23.3 Å². The van der Waals surface area contributed by atoms with Crippen molar-refractivity contribution in [2.45, 2.75) is 12.5 Å². The number of carboxylic acid groups (broad SMARTS) is 1. The summed E-state index contributed by atoms with van der Waals surface area (Å²) >= 11 is 0. The van der Waals surface area contributed by atoms with Crippen molar-refractivity contribution < 1.29 is 14.7 Å². The molecule has 0 spiro atoms. The van der Waals surface area contributed by atoms with Gasteiger partial charge in [-0.3, -0.25) is 0 Å². The topological polar surface area (TPSA) is 62.5 Å². The largest absolute Gasteiger partial charge is 0.465 e. The summed E-state index contributed by atoms with van der Waals surface area (Å²) in [5.74, 6) is -0.397. The van der Waals surface area contributed by atoms with Crippen LogP contribution >= 0.6 is 0 Å². The maximum absolute atomic E-state index is 11.3. The van der Waals surface area contributed by atoms with E-state index in [0.717, 1.165) is 22.9 Å². The molecule has 98 valence electrons. The monoisotopic (exact) mass is 258 g/mol. The molecule has 0 saturated carbocycles. The molecule has 0 bridgehead atoms. The Balaban J connectivity index is 2.11. The van der Waals surface area contributed by atoms with Crippen LogP contribution in [-0.4, -0.2) is 40.0 Å². The second kappa shape index (κ2) is 4.42. The number of amides is 1. The molecule has 1 aliphatic rings. The molecule has 1 N–H and O–H groups in total. The van der Waals surface area contributed by atoms with E-state index in [0.29, 0.717) is 13.1 Å². The van der Waals surface area contributed by atoms with E-state index in [-0.39, 0.29) is 6.54 Å². The molecule has 0 radical (unpaired) electrons. The van der Waals surface area contributed by atoms with Gasteiger partial charge in [-0.25, -0.2) is 4.79 Å². The summed E-state index contributed by atoms with van der Waals surface area (Å²) in [5.41, 5.74) is 1.96. The molecule has 2 aromatic rings. The molecule has 0 saturated heterocycles. The van der Waals surface area contributed by atoms with Crippen LogP contribution in [0.25, 0.3) is 10.9 Å². The SMILES string of the molecule is O=CC1CN(C(=O)O)CCn2c1cc1ccccc12. The average molecular weight is 258 g/mol. The molecule has 19 heavy (non-hydrogen) atoms. The first-order chi connectivity index (χ1) is 9.20. The van der Waals surface area contributed by atoms with Crippen molar-refractivity contribution in [2.75, 3.05) is 13.1 Å². The van der Waals surface area contributed by atoms with Gasteiger partial charge in [0.1, 0.15) is 6.29 Å². The highest BCUT2D eigenvalue weighted by atomic mass is 16.4. The number of aldehydes is 1. The number of rotatable bonds is 1. The van der Waals surface area contributed by atoms with E-state index in [1.54, 1.807) is 0 Å². The lowest BCUT2D eigenvalue weighted by atomic mass is 10.1. The molecule has 5 nitrogen and oxygen atoms in total. The number of hydrogen-bond acceptors (Lipinski definition) is 2. The fraction of sp³-hybridized carbons (Fsp3) is 0.286.